The van der Waals surface area contributed by atoms with E-state index in [2.05, 4.69) is 6.58 Å². The molecule has 5 heteroatoms. The molecule has 1 atom stereocenters. The van der Waals surface area contributed by atoms with Gasteiger partial charge in [-0.2, -0.15) is 0 Å². The second-order valence-electron chi connectivity index (χ2n) is 6.49. The Bertz CT molecular complexity index is 981. The van der Waals surface area contributed by atoms with Crippen molar-refractivity contribution in [2.24, 2.45) is 0 Å². The predicted molar refractivity (Wildman–Crippen MR) is 112 cm³/mol. The number of fused-ring (bicyclic) bond motifs is 1. The molecule has 0 bridgehead atoms. The summed E-state index contributed by atoms with van der Waals surface area (Å²) < 4.78 is 22.7. The van der Waals surface area contributed by atoms with Gasteiger partial charge in [-0.1, -0.05) is 49.0 Å². The van der Waals surface area contributed by atoms with Crippen molar-refractivity contribution in [2.75, 3.05) is 13.2 Å². The van der Waals surface area contributed by atoms with E-state index in [9.17, 15) is 4.79 Å². The van der Waals surface area contributed by atoms with Crippen LogP contribution in [-0.2, 0) is 9.53 Å². The number of esters is 1. The van der Waals surface area contributed by atoms with E-state index in [1.165, 1.54) is 0 Å². The Morgan fingerprint density at radius 1 is 0.862 bits per heavy atom. The second-order valence-corrected chi connectivity index (χ2v) is 6.49. The van der Waals surface area contributed by atoms with Gasteiger partial charge in [-0.3, -0.25) is 0 Å². The third-order valence-corrected chi connectivity index (χ3v) is 4.10. The fourth-order valence-electron chi connectivity index (χ4n) is 2.78. The van der Waals surface area contributed by atoms with E-state index in [0.717, 1.165) is 16.5 Å². The minimum Gasteiger partial charge on any atom is -0.489 e. The molecule has 150 valence electrons. The minimum absolute atomic E-state index is 0.153. The number of hydrogen-bond donors (Lipinski definition) is 0. The van der Waals surface area contributed by atoms with Crippen LogP contribution in [0.25, 0.3) is 10.8 Å². The monoisotopic (exact) mass is 392 g/mol. The topological polar surface area (TPSA) is 54.0 Å². The third-order valence-electron chi connectivity index (χ3n) is 4.10. The Morgan fingerprint density at radius 2 is 1.52 bits per heavy atom. The standard InChI is InChI=1S/C24H24O5/c1-17(2)24(25)27-16-15-26-22-13-7-12-21-20(22)11-8-14-23(21)29-18(3)28-19-9-5-4-6-10-19/h4-14,18H,1,15-16H2,2-3H3. The number of ether oxygens (including phenoxy) is 4. The van der Waals surface area contributed by atoms with Crippen LogP contribution < -0.4 is 14.2 Å². The number of carbonyl (C=O) groups is 1. The van der Waals surface area contributed by atoms with Crippen molar-refractivity contribution in [3.63, 3.8) is 0 Å². The highest BCUT2D eigenvalue weighted by Gasteiger charge is 2.11. The molecular weight excluding hydrogens is 368 g/mol. The Kier molecular flexibility index (Phi) is 6.74. The average Bonchev–Trinajstić information content (AvgIpc) is 2.72. The van der Waals surface area contributed by atoms with Gasteiger partial charge in [0.1, 0.15) is 30.5 Å². The first-order chi connectivity index (χ1) is 14.0. The molecule has 0 aliphatic heterocycles. The lowest BCUT2D eigenvalue weighted by molar-refractivity contribution is -0.139. The Balaban J connectivity index is 1.68. The van der Waals surface area contributed by atoms with Gasteiger partial charge in [-0.15, -0.1) is 0 Å². The van der Waals surface area contributed by atoms with Crippen LogP contribution in [0.4, 0.5) is 0 Å². The Morgan fingerprint density at radius 3 is 2.21 bits per heavy atom. The van der Waals surface area contributed by atoms with Crippen molar-refractivity contribution in [1.29, 1.82) is 0 Å². The highest BCUT2D eigenvalue weighted by Crippen LogP contribution is 2.33. The number of hydrogen-bond acceptors (Lipinski definition) is 5. The zero-order valence-electron chi connectivity index (χ0n) is 16.6. The molecule has 3 rings (SSSR count). The lowest BCUT2D eigenvalue weighted by atomic mass is 10.1. The Hall–Kier alpha value is -3.47. The summed E-state index contributed by atoms with van der Waals surface area (Å²) in [5, 5.41) is 1.82. The summed E-state index contributed by atoms with van der Waals surface area (Å²) in [6.07, 6.45) is -0.464. The summed E-state index contributed by atoms with van der Waals surface area (Å²) in [4.78, 5) is 11.4. The first-order valence-electron chi connectivity index (χ1n) is 9.40. The molecule has 0 aliphatic rings. The molecule has 0 amide bonds. The largest absolute Gasteiger partial charge is 0.489 e. The highest BCUT2D eigenvalue weighted by molar-refractivity contribution is 5.93. The molecule has 29 heavy (non-hydrogen) atoms. The van der Waals surface area contributed by atoms with Gasteiger partial charge < -0.3 is 18.9 Å². The first-order valence-corrected chi connectivity index (χ1v) is 9.40. The molecule has 0 aromatic heterocycles. The van der Waals surface area contributed by atoms with Gasteiger partial charge in [0.05, 0.1) is 0 Å². The van der Waals surface area contributed by atoms with E-state index < -0.39 is 12.3 Å². The zero-order chi connectivity index (χ0) is 20.6. The number of rotatable bonds is 9. The minimum atomic E-state index is -0.464. The van der Waals surface area contributed by atoms with Crippen molar-refractivity contribution in [1.82, 2.24) is 0 Å². The van der Waals surface area contributed by atoms with E-state index in [0.29, 0.717) is 17.1 Å². The number of benzene rings is 3. The van der Waals surface area contributed by atoms with Crippen molar-refractivity contribution in [3.8, 4) is 17.2 Å². The van der Waals surface area contributed by atoms with Crippen LogP contribution in [0.15, 0.2) is 78.9 Å². The smallest absolute Gasteiger partial charge is 0.333 e. The van der Waals surface area contributed by atoms with Crippen LogP contribution in [0.2, 0.25) is 0 Å². The third kappa shape index (κ3) is 5.51. The molecular formula is C24H24O5. The summed E-state index contributed by atoms with van der Waals surface area (Å²) in [6, 6.07) is 21.0. The molecule has 0 spiro atoms. The molecule has 0 saturated heterocycles. The van der Waals surface area contributed by atoms with Crippen LogP contribution in [-0.4, -0.2) is 25.5 Å². The molecule has 0 N–H and O–H groups in total. The van der Waals surface area contributed by atoms with Gasteiger partial charge in [-0.25, -0.2) is 4.79 Å². The maximum absolute atomic E-state index is 11.4. The zero-order valence-corrected chi connectivity index (χ0v) is 16.6. The van der Waals surface area contributed by atoms with E-state index in [1.54, 1.807) is 6.92 Å². The van der Waals surface area contributed by atoms with Gasteiger partial charge in [0.2, 0.25) is 6.29 Å². The Labute approximate surface area is 170 Å². The maximum Gasteiger partial charge on any atom is 0.333 e. The fourth-order valence-corrected chi connectivity index (χ4v) is 2.78. The molecule has 0 fully saturated rings. The van der Waals surface area contributed by atoms with E-state index >= 15 is 0 Å². The van der Waals surface area contributed by atoms with Gasteiger partial charge in [0.25, 0.3) is 0 Å². The van der Waals surface area contributed by atoms with Gasteiger partial charge in [0, 0.05) is 23.3 Å². The average molecular weight is 392 g/mol. The molecule has 3 aromatic carbocycles. The van der Waals surface area contributed by atoms with Gasteiger partial charge in [0.15, 0.2) is 0 Å². The lowest BCUT2D eigenvalue weighted by Crippen LogP contribution is -2.19. The predicted octanol–water partition coefficient (Wildman–Crippen LogP) is 5.14. The van der Waals surface area contributed by atoms with Crippen molar-refractivity contribution < 1.29 is 23.7 Å². The SMILES string of the molecule is C=C(C)C(=O)OCCOc1cccc2c(OC(C)Oc3ccccc3)cccc12. The molecule has 0 aliphatic carbocycles. The summed E-state index contributed by atoms with van der Waals surface area (Å²) in [7, 11) is 0. The van der Waals surface area contributed by atoms with E-state index in [-0.39, 0.29) is 13.2 Å². The second kappa shape index (κ2) is 9.64. The fraction of sp³-hybridized carbons (Fsp3) is 0.208. The van der Waals surface area contributed by atoms with E-state index in [4.69, 9.17) is 18.9 Å². The van der Waals surface area contributed by atoms with Gasteiger partial charge in [-0.05, 0) is 31.2 Å². The molecule has 0 saturated carbocycles. The van der Waals surface area contributed by atoms with Crippen molar-refractivity contribution >= 4 is 16.7 Å². The summed E-state index contributed by atoms with van der Waals surface area (Å²) in [5.41, 5.74) is 0.365. The van der Waals surface area contributed by atoms with Crippen LogP contribution in [0.1, 0.15) is 13.8 Å². The molecule has 3 aromatic rings. The van der Waals surface area contributed by atoms with Crippen LogP contribution >= 0.6 is 0 Å². The lowest BCUT2D eigenvalue weighted by Gasteiger charge is -2.18. The van der Waals surface area contributed by atoms with Gasteiger partial charge >= 0.3 is 5.97 Å². The van der Waals surface area contributed by atoms with Crippen LogP contribution in [0, 0.1) is 0 Å². The van der Waals surface area contributed by atoms with E-state index in [1.807, 2.05) is 73.7 Å². The molecule has 5 nitrogen and oxygen atoms in total. The highest BCUT2D eigenvalue weighted by atomic mass is 16.7. The van der Waals surface area contributed by atoms with Crippen LogP contribution in [0.5, 0.6) is 17.2 Å². The molecule has 0 heterocycles. The van der Waals surface area contributed by atoms with Crippen molar-refractivity contribution in [3.05, 3.63) is 78.9 Å². The van der Waals surface area contributed by atoms with Crippen molar-refractivity contribution in [2.45, 2.75) is 20.1 Å². The maximum atomic E-state index is 11.4. The summed E-state index contributed by atoms with van der Waals surface area (Å²) >= 11 is 0. The molecule has 0 radical (unpaired) electrons. The molecule has 1 unspecified atom stereocenters. The van der Waals surface area contributed by atoms with Crippen LogP contribution in [0.3, 0.4) is 0 Å². The summed E-state index contributed by atoms with van der Waals surface area (Å²) in [5.74, 6) is 1.71. The first kappa shape index (κ1) is 20.3. The number of para-hydroxylation sites is 1. The summed E-state index contributed by atoms with van der Waals surface area (Å²) in [6.45, 7) is 7.41. The quantitative estimate of drug-likeness (QED) is 0.218. The normalized spacial score (nSPS) is 11.5. The number of carbonyl (C=O) groups excluding carboxylic acids is 1.